The summed E-state index contributed by atoms with van der Waals surface area (Å²) >= 11 is 1.67. The summed E-state index contributed by atoms with van der Waals surface area (Å²) in [6.45, 7) is 4.88. The highest BCUT2D eigenvalue weighted by Gasteiger charge is 2.25. The molecule has 7 nitrogen and oxygen atoms in total. The van der Waals surface area contributed by atoms with E-state index >= 15 is 0 Å². The number of likely N-dealkylation sites (tertiary alicyclic amines) is 1. The van der Waals surface area contributed by atoms with Crippen molar-refractivity contribution in [1.29, 1.82) is 0 Å². The quantitative estimate of drug-likeness (QED) is 0.902. The Morgan fingerprint density at radius 1 is 1.19 bits per heavy atom. The van der Waals surface area contributed by atoms with Crippen molar-refractivity contribution < 1.29 is 5.11 Å². The second-order valence-electron chi connectivity index (χ2n) is 5.46. The lowest BCUT2D eigenvalue weighted by molar-refractivity contribution is 0.199. The molecule has 1 aliphatic heterocycles. The van der Waals surface area contributed by atoms with E-state index in [4.69, 9.17) is 0 Å². The lowest BCUT2D eigenvalue weighted by atomic mass is 9.96. The molecule has 2 aromatic rings. The van der Waals surface area contributed by atoms with Crippen LogP contribution in [-0.4, -0.2) is 48.1 Å². The van der Waals surface area contributed by atoms with E-state index in [0.29, 0.717) is 11.7 Å². The van der Waals surface area contributed by atoms with Crippen LogP contribution in [0.15, 0.2) is 0 Å². The highest BCUT2D eigenvalue weighted by molar-refractivity contribution is 7.11. The van der Waals surface area contributed by atoms with Crippen LogP contribution in [-0.2, 0) is 20.2 Å². The van der Waals surface area contributed by atoms with E-state index in [9.17, 15) is 5.11 Å². The fourth-order valence-corrected chi connectivity index (χ4v) is 3.56. The Hall–Kier alpha value is -1.38. The highest BCUT2D eigenvalue weighted by Crippen LogP contribution is 2.27. The molecule has 1 fully saturated rings. The molecule has 21 heavy (non-hydrogen) atoms. The first-order chi connectivity index (χ1) is 10.2. The van der Waals surface area contributed by atoms with Crippen LogP contribution in [0.25, 0.3) is 0 Å². The maximum absolute atomic E-state index is 9.20. The largest absolute Gasteiger partial charge is 0.388 e. The van der Waals surface area contributed by atoms with E-state index in [1.165, 1.54) is 0 Å². The molecule has 0 aromatic carbocycles. The molecule has 0 saturated carbocycles. The molecule has 0 bridgehead atoms. The normalized spacial score (nSPS) is 17.5. The van der Waals surface area contributed by atoms with E-state index in [1.54, 1.807) is 11.3 Å². The van der Waals surface area contributed by atoms with Gasteiger partial charge in [0.25, 0.3) is 0 Å². The minimum atomic E-state index is -0.0568. The maximum Gasteiger partial charge on any atom is 0.158 e. The predicted octanol–water partition coefficient (Wildman–Crippen LogP) is 0.847. The van der Waals surface area contributed by atoms with Crippen LogP contribution in [0.1, 0.15) is 40.4 Å². The summed E-state index contributed by atoms with van der Waals surface area (Å²) in [5, 5.41) is 27.8. The van der Waals surface area contributed by atoms with Gasteiger partial charge in [0.05, 0.1) is 6.54 Å². The molecule has 114 valence electrons. The molecule has 0 amide bonds. The Balaban J connectivity index is 1.58. The van der Waals surface area contributed by atoms with Gasteiger partial charge in [-0.05, 0) is 32.9 Å². The minimum absolute atomic E-state index is 0.0568. The van der Waals surface area contributed by atoms with E-state index in [-0.39, 0.29) is 6.61 Å². The molecule has 1 aliphatic rings. The Labute approximate surface area is 127 Å². The topological polar surface area (TPSA) is 80.0 Å². The van der Waals surface area contributed by atoms with Crippen LogP contribution in [0.5, 0.6) is 0 Å². The zero-order valence-corrected chi connectivity index (χ0v) is 13.2. The number of piperidine rings is 1. The molecule has 0 radical (unpaired) electrons. The van der Waals surface area contributed by atoms with Crippen molar-refractivity contribution in [3.8, 4) is 0 Å². The molecule has 3 heterocycles. The van der Waals surface area contributed by atoms with Crippen LogP contribution in [0.3, 0.4) is 0 Å². The SMILES string of the molecule is Cc1nnc(CN2CCC(c3nnc(CO)n3C)CC2)s1. The standard InChI is InChI=1S/C13H20N6OS/c1-9-14-16-12(21-9)7-19-5-3-10(4-6-19)13-17-15-11(8-20)18(13)2/h10,20H,3-8H2,1-2H3. The van der Waals surface area contributed by atoms with Crippen LogP contribution >= 0.6 is 11.3 Å². The van der Waals surface area contributed by atoms with Gasteiger partial charge in [-0.1, -0.05) is 0 Å². The molecule has 3 rings (SSSR count). The molecule has 1 saturated heterocycles. The molecular formula is C13H20N6OS. The average Bonchev–Trinajstić information content (AvgIpc) is 3.06. The molecule has 8 heteroatoms. The zero-order valence-electron chi connectivity index (χ0n) is 12.4. The van der Waals surface area contributed by atoms with Crippen molar-refractivity contribution in [2.24, 2.45) is 7.05 Å². The third kappa shape index (κ3) is 3.12. The van der Waals surface area contributed by atoms with Gasteiger partial charge in [0.1, 0.15) is 22.4 Å². The van der Waals surface area contributed by atoms with Crippen molar-refractivity contribution in [1.82, 2.24) is 29.9 Å². The number of hydrogen-bond acceptors (Lipinski definition) is 7. The van der Waals surface area contributed by atoms with Crippen LogP contribution in [0.4, 0.5) is 0 Å². The van der Waals surface area contributed by atoms with Gasteiger partial charge in [0.15, 0.2) is 5.82 Å². The van der Waals surface area contributed by atoms with Crippen molar-refractivity contribution >= 4 is 11.3 Å². The van der Waals surface area contributed by atoms with Crippen molar-refractivity contribution in [2.45, 2.75) is 38.8 Å². The number of aliphatic hydroxyl groups is 1. The first-order valence-corrected chi connectivity index (χ1v) is 7.99. The summed E-state index contributed by atoms with van der Waals surface area (Å²) in [4.78, 5) is 2.42. The highest BCUT2D eigenvalue weighted by atomic mass is 32.1. The number of aryl methyl sites for hydroxylation is 1. The Morgan fingerprint density at radius 2 is 1.95 bits per heavy atom. The van der Waals surface area contributed by atoms with Gasteiger partial charge in [0, 0.05) is 13.0 Å². The molecule has 2 aromatic heterocycles. The second-order valence-corrected chi connectivity index (χ2v) is 6.72. The number of aromatic nitrogens is 5. The van der Waals surface area contributed by atoms with Gasteiger partial charge >= 0.3 is 0 Å². The van der Waals surface area contributed by atoms with Crippen LogP contribution < -0.4 is 0 Å². The maximum atomic E-state index is 9.20. The van der Waals surface area contributed by atoms with Crippen molar-refractivity contribution in [3.63, 3.8) is 0 Å². The summed E-state index contributed by atoms with van der Waals surface area (Å²) in [5.41, 5.74) is 0. The lowest BCUT2D eigenvalue weighted by Crippen LogP contribution is -2.33. The van der Waals surface area contributed by atoms with Gasteiger partial charge in [0.2, 0.25) is 0 Å². The number of nitrogens with zero attached hydrogens (tertiary/aromatic N) is 6. The zero-order chi connectivity index (χ0) is 14.8. The Morgan fingerprint density at radius 3 is 2.52 bits per heavy atom. The first kappa shape index (κ1) is 14.6. The molecule has 0 spiro atoms. The minimum Gasteiger partial charge on any atom is -0.388 e. The van der Waals surface area contributed by atoms with E-state index < -0.39 is 0 Å². The van der Waals surface area contributed by atoms with Gasteiger partial charge in [-0.15, -0.1) is 31.7 Å². The number of hydrogen-bond donors (Lipinski definition) is 1. The molecular weight excluding hydrogens is 288 g/mol. The Kier molecular flexibility index (Phi) is 4.27. The third-order valence-electron chi connectivity index (χ3n) is 4.02. The van der Waals surface area contributed by atoms with Gasteiger partial charge < -0.3 is 9.67 Å². The van der Waals surface area contributed by atoms with E-state index in [0.717, 1.165) is 48.3 Å². The fourth-order valence-electron chi connectivity index (χ4n) is 2.81. The van der Waals surface area contributed by atoms with E-state index in [1.807, 2.05) is 18.5 Å². The Bertz CT molecular complexity index is 602. The summed E-state index contributed by atoms with van der Waals surface area (Å²) in [7, 11) is 1.93. The first-order valence-electron chi connectivity index (χ1n) is 7.17. The number of rotatable bonds is 4. The molecule has 1 N–H and O–H groups in total. The summed E-state index contributed by atoms with van der Waals surface area (Å²) in [6.07, 6.45) is 2.13. The molecule has 0 aliphatic carbocycles. The van der Waals surface area contributed by atoms with Crippen LogP contribution in [0.2, 0.25) is 0 Å². The summed E-state index contributed by atoms with van der Waals surface area (Å²) < 4.78 is 1.93. The fraction of sp³-hybridized carbons (Fsp3) is 0.692. The van der Waals surface area contributed by atoms with Crippen molar-refractivity contribution in [2.75, 3.05) is 13.1 Å². The lowest BCUT2D eigenvalue weighted by Gasteiger charge is -2.30. The average molecular weight is 308 g/mol. The monoisotopic (exact) mass is 308 g/mol. The van der Waals surface area contributed by atoms with Gasteiger partial charge in [-0.25, -0.2) is 0 Å². The smallest absolute Gasteiger partial charge is 0.158 e. The van der Waals surface area contributed by atoms with Crippen LogP contribution in [0, 0.1) is 6.92 Å². The predicted molar refractivity (Wildman–Crippen MR) is 78.8 cm³/mol. The molecule has 0 unspecified atom stereocenters. The van der Waals surface area contributed by atoms with Gasteiger partial charge in [-0.2, -0.15) is 0 Å². The molecule has 0 atom stereocenters. The third-order valence-corrected chi connectivity index (χ3v) is 4.84. The summed E-state index contributed by atoms with van der Waals surface area (Å²) in [5.74, 6) is 2.05. The number of aliphatic hydroxyl groups excluding tert-OH is 1. The second kappa shape index (κ2) is 6.17. The van der Waals surface area contributed by atoms with Crippen molar-refractivity contribution in [3.05, 3.63) is 21.7 Å². The van der Waals surface area contributed by atoms with E-state index in [2.05, 4.69) is 25.3 Å². The van der Waals surface area contributed by atoms with Gasteiger partial charge in [-0.3, -0.25) is 4.90 Å². The summed E-state index contributed by atoms with van der Waals surface area (Å²) in [6, 6.07) is 0.